The van der Waals surface area contributed by atoms with E-state index in [0.29, 0.717) is 10.6 Å². The van der Waals surface area contributed by atoms with Crippen molar-refractivity contribution >= 4 is 35.9 Å². The van der Waals surface area contributed by atoms with E-state index in [2.05, 4.69) is 10.7 Å². The van der Waals surface area contributed by atoms with Crippen molar-refractivity contribution in [3.63, 3.8) is 0 Å². The zero-order valence-electron chi connectivity index (χ0n) is 10.3. The van der Waals surface area contributed by atoms with Crippen LogP contribution in [0.25, 0.3) is 0 Å². The minimum Gasteiger partial charge on any atom is -0.292 e. The molecule has 1 aromatic rings. The Balaban J connectivity index is 0.00000180. The van der Waals surface area contributed by atoms with Crippen LogP contribution in [0, 0.1) is 5.41 Å². The van der Waals surface area contributed by atoms with Crippen LogP contribution in [-0.2, 0) is 0 Å². The first-order valence-corrected chi connectivity index (χ1v) is 6.20. The van der Waals surface area contributed by atoms with Gasteiger partial charge in [0.2, 0.25) is 5.96 Å². The Hall–Kier alpha value is -1.30. The molecule has 0 aromatic heterocycles. The minimum atomic E-state index is -0.316. The van der Waals surface area contributed by atoms with E-state index < -0.39 is 0 Å². The second kappa shape index (κ2) is 7.33. The van der Waals surface area contributed by atoms with Gasteiger partial charge in [-0.1, -0.05) is 11.6 Å². The molecule has 0 aliphatic carbocycles. The first kappa shape index (κ1) is 15.8. The standard InChI is InChI=1S/C12H15ClN4O.ClH/c13-10-5-3-9(4-6-10)11(18)15-12(14)16-17-7-1-2-8-17;/h3-6H,1-2,7-8H2,(H3,14,15,16,18);1H. The number of hydrazine groups is 1. The van der Waals surface area contributed by atoms with Crippen molar-refractivity contribution in [1.82, 2.24) is 15.8 Å². The molecule has 2 rings (SSSR count). The van der Waals surface area contributed by atoms with Crippen molar-refractivity contribution in [2.24, 2.45) is 0 Å². The van der Waals surface area contributed by atoms with Crippen molar-refractivity contribution in [3.05, 3.63) is 34.9 Å². The zero-order valence-corrected chi connectivity index (χ0v) is 11.9. The largest absolute Gasteiger partial charge is 0.292 e. The maximum Gasteiger partial charge on any atom is 0.257 e. The molecule has 3 N–H and O–H groups in total. The van der Waals surface area contributed by atoms with Gasteiger partial charge in [-0.05, 0) is 37.1 Å². The van der Waals surface area contributed by atoms with Crippen molar-refractivity contribution in [2.75, 3.05) is 13.1 Å². The van der Waals surface area contributed by atoms with Gasteiger partial charge in [-0.25, -0.2) is 5.01 Å². The second-order valence-electron chi connectivity index (χ2n) is 4.14. The third-order valence-corrected chi connectivity index (χ3v) is 2.97. The van der Waals surface area contributed by atoms with E-state index in [1.807, 2.05) is 5.01 Å². The molecule has 0 saturated carbocycles. The molecule has 0 radical (unpaired) electrons. The molecule has 0 spiro atoms. The summed E-state index contributed by atoms with van der Waals surface area (Å²) in [4.78, 5) is 11.8. The molecule has 1 aromatic carbocycles. The highest BCUT2D eigenvalue weighted by molar-refractivity contribution is 6.30. The number of carbonyl (C=O) groups excluding carboxylic acids is 1. The average molecular weight is 303 g/mol. The Kier molecular flexibility index (Phi) is 6.08. The fourth-order valence-electron chi connectivity index (χ4n) is 1.80. The lowest BCUT2D eigenvalue weighted by atomic mass is 10.2. The third kappa shape index (κ3) is 4.70. The van der Waals surface area contributed by atoms with Gasteiger partial charge in [0.05, 0.1) is 0 Å². The SMILES string of the molecule is Cl.N=C(NC(=O)c1ccc(Cl)cc1)NN1CCCC1. The number of amides is 1. The van der Waals surface area contributed by atoms with Crippen LogP contribution < -0.4 is 10.7 Å². The molecule has 1 amide bonds. The number of carbonyl (C=O) groups is 1. The van der Waals surface area contributed by atoms with Gasteiger partial charge in [-0.15, -0.1) is 12.4 Å². The van der Waals surface area contributed by atoms with E-state index in [0.717, 1.165) is 25.9 Å². The van der Waals surface area contributed by atoms with Crippen LogP contribution in [0.15, 0.2) is 24.3 Å². The highest BCUT2D eigenvalue weighted by Gasteiger charge is 2.14. The van der Waals surface area contributed by atoms with Crippen LogP contribution in [0.4, 0.5) is 0 Å². The first-order chi connectivity index (χ1) is 8.65. The lowest BCUT2D eigenvalue weighted by molar-refractivity contribution is 0.0973. The van der Waals surface area contributed by atoms with Crippen molar-refractivity contribution < 1.29 is 4.79 Å². The molecule has 1 heterocycles. The van der Waals surface area contributed by atoms with Crippen molar-refractivity contribution in [1.29, 1.82) is 5.41 Å². The van der Waals surface area contributed by atoms with Crippen molar-refractivity contribution in [2.45, 2.75) is 12.8 Å². The highest BCUT2D eigenvalue weighted by atomic mass is 35.5. The van der Waals surface area contributed by atoms with Crippen LogP contribution >= 0.6 is 24.0 Å². The second-order valence-corrected chi connectivity index (χ2v) is 4.58. The van der Waals surface area contributed by atoms with Gasteiger partial charge in [-0.3, -0.25) is 20.9 Å². The van der Waals surface area contributed by atoms with Crippen molar-refractivity contribution in [3.8, 4) is 0 Å². The molecule has 0 bridgehead atoms. The Bertz CT molecular complexity index is 444. The third-order valence-electron chi connectivity index (χ3n) is 2.72. The lowest BCUT2D eigenvalue weighted by Gasteiger charge is -2.18. The Labute approximate surface area is 123 Å². The summed E-state index contributed by atoms with van der Waals surface area (Å²) in [5, 5.41) is 12.7. The number of guanidine groups is 1. The summed E-state index contributed by atoms with van der Waals surface area (Å²) in [5.41, 5.74) is 3.33. The lowest BCUT2D eigenvalue weighted by Crippen LogP contribution is -2.48. The molecule has 5 nitrogen and oxygen atoms in total. The topological polar surface area (TPSA) is 68.2 Å². The number of hydrogen-bond acceptors (Lipinski definition) is 3. The maximum atomic E-state index is 11.8. The molecule has 1 saturated heterocycles. The average Bonchev–Trinajstić information content (AvgIpc) is 2.82. The van der Waals surface area contributed by atoms with Gasteiger partial charge in [0.15, 0.2) is 0 Å². The molecule has 1 fully saturated rings. The zero-order chi connectivity index (χ0) is 13.0. The van der Waals surface area contributed by atoms with E-state index in [9.17, 15) is 4.79 Å². The van der Waals surface area contributed by atoms with Crippen LogP contribution in [-0.4, -0.2) is 30.0 Å². The fraction of sp³-hybridized carbons (Fsp3) is 0.333. The smallest absolute Gasteiger partial charge is 0.257 e. The summed E-state index contributed by atoms with van der Waals surface area (Å²) in [6.07, 6.45) is 2.23. The summed E-state index contributed by atoms with van der Waals surface area (Å²) in [6, 6.07) is 6.55. The Morgan fingerprint density at radius 2 is 1.79 bits per heavy atom. The minimum absolute atomic E-state index is 0. The van der Waals surface area contributed by atoms with Crippen LogP contribution in [0.5, 0.6) is 0 Å². The number of nitrogens with zero attached hydrogens (tertiary/aromatic N) is 1. The van der Waals surface area contributed by atoms with Crippen LogP contribution in [0.2, 0.25) is 5.02 Å². The van der Waals surface area contributed by atoms with Gasteiger partial charge in [0, 0.05) is 23.7 Å². The molecule has 0 unspecified atom stereocenters. The molecule has 19 heavy (non-hydrogen) atoms. The molecule has 1 aliphatic heterocycles. The summed E-state index contributed by atoms with van der Waals surface area (Å²) in [6.45, 7) is 1.80. The Morgan fingerprint density at radius 3 is 2.37 bits per heavy atom. The summed E-state index contributed by atoms with van der Waals surface area (Å²) < 4.78 is 0. The summed E-state index contributed by atoms with van der Waals surface area (Å²) in [5.74, 6) is -0.319. The van der Waals surface area contributed by atoms with Gasteiger partial charge in [0.1, 0.15) is 0 Å². The first-order valence-electron chi connectivity index (χ1n) is 5.82. The maximum absolute atomic E-state index is 11.8. The van der Waals surface area contributed by atoms with E-state index in [1.165, 1.54) is 0 Å². The molecule has 104 valence electrons. The van der Waals surface area contributed by atoms with Gasteiger partial charge in [-0.2, -0.15) is 0 Å². The number of rotatable bonds is 2. The number of nitrogens with one attached hydrogen (secondary N) is 3. The van der Waals surface area contributed by atoms with E-state index in [1.54, 1.807) is 24.3 Å². The highest BCUT2D eigenvalue weighted by Crippen LogP contribution is 2.09. The van der Waals surface area contributed by atoms with E-state index >= 15 is 0 Å². The molecular weight excluding hydrogens is 287 g/mol. The van der Waals surface area contributed by atoms with Crippen LogP contribution in [0.1, 0.15) is 23.2 Å². The molecule has 0 atom stereocenters. The number of hydrogen-bond donors (Lipinski definition) is 3. The summed E-state index contributed by atoms with van der Waals surface area (Å²) in [7, 11) is 0. The van der Waals surface area contributed by atoms with E-state index in [-0.39, 0.29) is 24.3 Å². The molecule has 1 aliphatic rings. The number of benzene rings is 1. The monoisotopic (exact) mass is 302 g/mol. The predicted molar refractivity (Wildman–Crippen MR) is 77.8 cm³/mol. The normalized spacial score (nSPS) is 14.6. The van der Waals surface area contributed by atoms with Gasteiger partial charge >= 0.3 is 0 Å². The van der Waals surface area contributed by atoms with Gasteiger partial charge < -0.3 is 0 Å². The predicted octanol–water partition coefficient (Wildman–Crippen LogP) is 2.03. The van der Waals surface area contributed by atoms with Crippen LogP contribution in [0.3, 0.4) is 0 Å². The number of halogens is 2. The molecular formula is C12H16Cl2N4O. The summed E-state index contributed by atoms with van der Waals surface area (Å²) >= 11 is 5.74. The molecule has 7 heteroatoms. The van der Waals surface area contributed by atoms with E-state index in [4.69, 9.17) is 17.0 Å². The fourth-order valence-corrected chi connectivity index (χ4v) is 1.93. The Morgan fingerprint density at radius 1 is 1.21 bits per heavy atom. The quantitative estimate of drug-likeness (QED) is 0.578. The van der Waals surface area contributed by atoms with Gasteiger partial charge in [0.25, 0.3) is 5.91 Å².